The molecule has 0 spiro atoms. The largest absolute Gasteiger partial charge is 0.379 e. The predicted octanol–water partition coefficient (Wildman–Crippen LogP) is 1.85. The molecule has 0 atom stereocenters. The van der Waals surface area contributed by atoms with Gasteiger partial charge in [-0.3, -0.25) is 14.0 Å². The number of nitrogens with two attached hydrogens (primary N) is 1. The van der Waals surface area contributed by atoms with Crippen molar-refractivity contribution < 1.29 is 9.18 Å². The van der Waals surface area contributed by atoms with E-state index in [9.17, 15) is 14.0 Å². The molecule has 3 aromatic rings. The first-order chi connectivity index (χ1) is 11.5. The molecule has 7 heteroatoms. The van der Waals surface area contributed by atoms with Crippen molar-refractivity contribution in [3.8, 4) is 0 Å². The zero-order valence-corrected chi connectivity index (χ0v) is 12.9. The van der Waals surface area contributed by atoms with E-state index in [1.807, 2.05) is 0 Å². The van der Waals surface area contributed by atoms with Gasteiger partial charge in [0.2, 0.25) is 5.91 Å². The first-order valence-electron chi connectivity index (χ1n) is 7.27. The second-order valence-corrected chi connectivity index (χ2v) is 5.36. The third kappa shape index (κ3) is 2.96. The van der Waals surface area contributed by atoms with Crippen LogP contribution in [0.2, 0.25) is 0 Å². The molecule has 1 amide bonds. The molecule has 2 heterocycles. The normalized spacial score (nSPS) is 10.8. The Morgan fingerprint density at radius 3 is 2.88 bits per heavy atom. The predicted molar refractivity (Wildman–Crippen MR) is 88.4 cm³/mol. The van der Waals surface area contributed by atoms with Crippen LogP contribution in [-0.2, 0) is 6.54 Å². The van der Waals surface area contributed by atoms with Crippen LogP contribution < -0.4 is 16.6 Å². The van der Waals surface area contributed by atoms with Crippen molar-refractivity contribution in [3.05, 3.63) is 75.6 Å². The van der Waals surface area contributed by atoms with E-state index in [0.29, 0.717) is 22.6 Å². The number of rotatable bonds is 4. The summed E-state index contributed by atoms with van der Waals surface area (Å²) in [6.45, 7) is 1.80. The van der Waals surface area contributed by atoms with Crippen molar-refractivity contribution in [2.24, 2.45) is 5.73 Å². The number of nitrogens with one attached hydrogen (secondary N) is 1. The van der Waals surface area contributed by atoms with Crippen LogP contribution in [0, 0.1) is 12.7 Å². The van der Waals surface area contributed by atoms with Gasteiger partial charge in [-0.1, -0.05) is 6.07 Å². The third-order valence-electron chi connectivity index (χ3n) is 3.71. The van der Waals surface area contributed by atoms with Crippen LogP contribution in [0.4, 0.5) is 10.1 Å². The molecular weight excluding hydrogens is 311 g/mol. The minimum Gasteiger partial charge on any atom is -0.379 e. The van der Waals surface area contributed by atoms with Crippen LogP contribution >= 0.6 is 0 Å². The molecule has 3 rings (SSSR count). The van der Waals surface area contributed by atoms with Crippen molar-refractivity contribution in [1.82, 2.24) is 9.38 Å². The molecule has 3 N–H and O–H groups in total. The van der Waals surface area contributed by atoms with Gasteiger partial charge in [0.1, 0.15) is 11.5 Å². The Hall–Kier alpha value is -3.22. The molecule has 0 aliphatic rings. The van der Waals surface area contributed by atoms with Crippen molar-refractivity contribution in [1.29, 1.82) is 0 Å². The highest BCUT2D eigenvalue weighted by molar-refractivity contribution is 5.94. The van der Waals surface area contributed by atoms with Crippen molar-refractivity contribution in [3.63, 3.8) is 0 Å². The lowest BCUT2D eigenvalue weighted by atomic mass is 10.1. The number of primary amides is 1. The summed E-state index contributed by atoms with van der Waals surface area (Å²) in [5, 5.41) is 3.00. The molecule has 0 aliphatic carbocycles. The van der Waals surface area contributed by atoms with Crippen LogP contribution in [0.1, 0.15) is 21.6 Å². The molecule has 0 saturated carbocycles. The van der Waals surface area contributed by atoms with Gasteiger partial charge in [0.05, 0.1) is 12.2 Å². The number of amides is 1. The van der Waals surface area contributed by atoms with Crippen LogP contribution in [0.15, 0.2) is 47.4 Å². The summed E-state index contributed by atoms with van der Waals surface area (Å²) in [6.07, 6.45) is 1.64. The number of pyridine rings is 1. The summed E-state index contributed by atoms with van der Waals surface area (Å²) in [7, 11) is 0. The van der Waals surface area contributed by atoms with E-state index in [4.69, 9.17) is 5.73 Å². The molecule has 24 heavy (non-hydrogen) atoms. The summed E-state index contributed by atoms with van der Waals surface area (Å²) >= 11 is 0. The number of hydrogen-bond donors (Lipinski definition) is 2. The number of aromatic nitrogens is 2. The number of benzene rings is 1. The third-order valence-corrected chi connectivity index (χ3v) is 3.71. The molecule has 6 nitrogen and oxygen atoms in total. The number of carbonyl (C=O) groups is 1. The monoisotopic (exact) mass is 326 g/mol. The van der Waals surface area contributed by atoms with Gasteiger partial charge in [-0.2, -0.15) is 0 Å². The Labute approximate surface area is 136 Å². The van der Waals surface area contributed by atoms with Gasteiger partial charge in [0.15, 0.2) is 0 Å². The summed E-state index contributed by atoms with van der Waals surface area (Å²) in [6, 6.07) is 9.25. The standard InChI is InChI=1S/C17H15FN4O2/c1-10-13(18)6-11(17(19)24)7-14(10)20-9-12-8-16(23)22-5-3-2-4-15(22)21-12/h2-8,20H,9H2,1H3,(H2,19,24). The molecule has 0 aliphatic heterocycles. The average Bonchev–Trinajstić information content (AvgIpc) is 2.56. The average molecular weight is 326 g/mol. The molecule has 0 bridgehead atoms. The topological polar surface area (TPSA) is 89.5 Å². The minimum absolute atomic E-state index is 0.0761. The molecule has 0 radical (unpaired) electrons. The van der Waals surface area contributed by atoms with Gasteiger partial charge in [-0.05, 0) is 31.2 Å². The summed E-state index contributed by atoms with van der Waals surface area (Å²) in [5.41, 5.74) is 6.90. The Kier molecular flexibility index (Phi) is 3.99. The lowest BCUT2D eigenvalue weighted by Crippen LogP contribution is -2.17. The SMILES string of the molecule is Cc1c(F)cc(C(N)=O)cc1NCc1cc(=O)n2ccccc2n1. The fourth-order valence-corrected chi connectivity index (χ4v) is 2.38. The van der Waals surface area contributed by atoms with Crippen molar-refractivity contribution in [2.75, 3.05) is 5.32 Å². The molecule has 0 unspecified atom stereocenters. The maximum atomic E-state index is 13.9. The first-order valence-corrected chi connectivity index (χ1v) is 7.27. The van der Waals surface area contributed by atoms with E-state index in [-0.39, 0.29) is 17.7 Å². The van der Waals surface area contributed by atoms with E-state index >= 15 is 0 Å². The van der Waals surface area contributed by atoms with E-state index in [1.165, 1.54) is 16.5 Å². The maximum Gasteiger partial charge on any atom is 0.258 e. The van der Waals surface area contributed by atoms with Gasteiger partial charge >= 0.3 is 0 Å². The van der Waals surface area contributed by atoms with Crippen molar-refractivity contribution >= 4 is 17.2 Å². The van der Waals surface area contributed by atoms with Gasteiger partial charge < -0.3 is 11.1 Å². The lowest BCUT2D eigenvalue weighted by Gasteiger charge is -2.12. The second kappa shape index (κ2) is 6.11. The second-order valence-electron chi connectivity index (χ2n) is 5.36. The number of halogens is 1. The van der Waals surface area contributed by atoms with Gasteiger partial charge in [0, 0.05) is 29.1 Å². The number of nitrogens with zero attached hydrogens (tertiary/aromatic N) is 2. The number of hydrogen-bond acceptors (Lipinski definition) is 4. The molecule has 0 fully saturated rings. The van der Waals surface area contributed by atoms with Crippen LogP contribution in [-0.4, -0.2) is 15.3 Å². The highest BCUT2D eigenvalue weighted by atomic mass is 19.1. The smallest absolute Gasteiger partial charge is 0.258 e. The maximum absolute atomic E-state index is 13.9. The van der Waals surface area contributed by atoms with Crippen LogP contribution in [0.5, 0.6) is 0 Å². The Morgan fingerprint density at radius 1 is 1.33 bits per heavy atom. The van der Waals surface area contributed by atoms with Crippen LogP contribution in [0.3, 0.4) is 0 Å². The summed E-state index contributed by atoms with van der Waals surface area (Å²) < 4.78 is 15.3. The Morgan fingerprint density at radius 2 is 2.12 bits per heavy atom. The number of fused-ring (bicyclic) bond motifs is 1. The number of anilines is 1. The molecule has 2 aromatic heterocycles. The Bertz CT molecular complexity index is 998. The van der Waals surface area contributed by atoms with E-state index in [0.717, 1.165) is 6.07 Å². The molecular formula is C17H15FN4O2. The van der Waals surface area contributed by atoms with Crippen molar-refractivity contribution in [2.45, 2.75) is 13.5 Å². The highest BCUT2D eigenvalue weighted by Gasteiger charge is 2.11. The number of carbonyl (C=O) groups excluding carboxylic acids is 1. The van der Waals surface area contributed by atoms with E-state index in [1.54, 1.807) is 31.3 Å². The fourth-order valence-electron chi connectivity index (χ4n) is 2.38. The highest BCUT2D eigenvalue weighted by Crippen LogP contribution is 2.21. The molecule has 1 aromatic carbocycles. The Balaban J connectivity index is 1.91. The van der Waals surface area contributed by atoms with E-state index < -0.39 is 11.7 Å². The fraction of sp³-hybridized carbons (Fsp3) is 0.118. The molecule has 0 saturated heterocycles. The zero-order chi connectivity index (χ0) is 17.3. The summed E-state index contributed by atoms with van der Waals surface area (Å²) in [4.78, 5) is 27.7. The minimum atomic E-state index is -0.709. The van der Waals surface area contributed by atoms with Gasteiger partial charge in [-0.15, -0.1) is 0 Å². The lowest BCUT2D eigenvalue weighted by molar-refractivity contribution is 0.1000. The molecule has 122 valence electrons. The zero-order valence-electron chi connectivity index (χ0n) is 12.9. The quantitative estimate of drug-likeness (QED) is 0.766. The van der Waals surface area contributed by atoms with Crippen LogP contribution in [0.25, 0.3) is 5.65 Å². The van der Waals surface area contributed by atoms with E-state index in [2.05, 4.69) is 10.3 Å². The first kappa shape index (κ1) is 15.7. The van der Waals surface area contributed by atoms with Gasteiger partial charge in [-0.25, -0.2) is 9.37 Å². The summed E-state index contributed by atoms with van der Waals surface area (Å²) in [5.74, 6) is -1.24. The van der Waals surface area contributed by atoms with Gasteiger partial charge in [0.25, 0.3) is 5.56 Å².